The van der Waals surface area contributed by atoms with Crippen LogP contribution >= 0.6 is 0 Å². The van der Waals surface area contributed by atoms with Crippen LogP contribution in [-0.2, 0) is 13.7 Å². The molecule has 0 amide bonds. The molecule has 4 aromatic rings. The minimum absolute atomic E-state index is 0.180. The highest BCUT2D eigenvalue weighted by Gasteiger charge is 2.11. The van der Waals surface area contributed by atoms with Gasteiger partial charge >= 0.3 is 5.97 Å². The lowest BCUT2D eigenvalue weighted by atomic mass is 10.2. The molecule has 2 aromatic carbocycles. The number of aromatic nitrogens is 3. The van der Waals surface area contributed by atoms with Crippen LogP contribution in [0.25, 0.3) is 11.0 Å². The zero-order chi connectivity index (χ0) is 20.4. The van der Waals surface area contributed by atoms with Crippen molar-refractivity contribution in [2.45, 2.75) is 13.5 Å². The first-order chi connectivity index (χ1) is 14.0. The highest BCUT2D eigenvalue weighted by atomic mass is 16.5. The maximum Gasteiger partial charge on any atom is 0.335 e. The van der Waals surface area contributed by atoms with Gasteiger partial charge in [0.2, 0.25) is 0 Å². The number of aromatic carboxylic acids is 1. The predicted octanol–water partition coefficient (Wildman–Crippen LogP) is 4.35. The Morgan fingerprint density at radius 3 is 2.66 bits per heavy atom. The molecule has 0 unspecified atom stereocenters. The fraction of sp³-hybridized carbons (Fsp3) is 0.136. The second-order valence-corrected chi connectivity index (χ2v) is 6.60. The van der Waals surface area contributed by atoms with Crippen LogP contribution in [0.1, 0.15) is 21.9 Å². The van der Waals surface area contributed by atoms with Gasteiger partial charge in [-0.15, -0.1) is 0 Å². The fourth-order valence-corrected chi connectivity index (χ4v) is 2.93. The molecule has 7 heteroatoms. The Balaban J connectivity index is 1.53. The SMILES string of the molecule is Cc1ccc(Oc2ccc3nc(COc4cccc(C(=O)O)c4)n(C)c3c2)cn1. The summed E-state index contributed by atoms with van der Waals surface area (Å²) in [6.07, 6.45) is 1.69. The van der Waals surface area contributed by atoms with Gasteiger partial charge < -0.3 is 19.1 Å². The molecule has 0 saturated heterocycles. The van der Waals surface area contributed by atoms with Gasteiger partial charge in [0.05, 0.1) is 22.8 Å². The molecule has 146 valence electrons. The van der Waals surface area contributed by atoms with Crippen molar-refractivity contribution in [2.75, 3.05) is 0 Å². The number of carbonyl (C=O) groups is 1. The van der Waals surface area contributed by atoms with Gasteiger partial charge in [-0.3, -0.25) is 4.98 Å². The van der Waals surface area contributed by atoms with Gasteiger partial charge in [0.1, 0.15) is 29.7 Å². The van der Waals surface area contributed by atoms with E-state index in [2.05, 4.69) is 9.97 Å². The molecule has 0 bridgehead atoms. The van der Waals surface area contributed by atoms with Gasteiger partial charge in [0, 0.05) is 18.8 Å². The molecule has 4 rings (SSSR count). The monoisotopic (exact) mass is 389 g/mol. The summed E-state index contributed by atoms with van der Waals surface area (Å²) in [7, 11) is 1.90. The molecule has 7 nitrogen and oxygen atoms in total. The second-order valence-electron chi connectivity index (χ2n) is 6.60. The van der Waals surface area contributed by atoms with E-state index in [1.54, 1.807) is 18.3 Å². The van der Waals surface area contributed by atoms with Crippen molar-refractivity contribution >= 4 is 17.0 Å². The summed E-state index contributed by atoms with van der Waals surface area (Å²) in [4.78, 5) is 19.9. The van der Waals surface area contributed by atoms with E-state index in [0.29, 0.717) is 17.2 Å². The van der Waals surface area contributed by atoms with Gasteiger partial charge in [-0.05, 0) is 49.4 Å². The number of carboxylic acids is 1. The number of fused-ring (bicyclic) bond motifs is 1. The summed E-state index contributed by atoms with van der Waals surface area (Å²) in [6.45, 7) is 2.14. The molecule has 0 aliphatic rings. The lowest BCUT2D eigenvalue weighted by Crippen LogP contribution is -2.04. The molecule has 0 spiro atoms. The number of ether oxygens (including phenoxy) is 2. The third-order valence-electron chi connectivity index (χ3n) is 4.51. The van der Waals surface area contributed by atoms with E-state index in [0.717, 1.165) is 22.6 Å². The highest BCUT2D eigenvalue weighted by Crippen LogP contribution is 2.26. The number of aryl methyl sites for hydroxylation is 2. The maximum absolute atomic E-state index is 11.1. The quantitative estimate of drug-likeness (QED) is 0.528. The summed E-state index contributed by atoms with van der Waals surface area (Å²) in [5.74, 6) is 1.56. The molecule has 0 radical (unpaired) electrons. The average Bonchev–Trinajstić information content (AvgIpc) is 3.04. The molecule has 0 fully saturated rings. The molecular weight excluding hydrogens is 370 g/mol. The van der Waals surface area contributed by atoms with Gasteiger partial charge in [-0.1, -0.05) is 6.07 Å². The van der Waals surface area contributed by atoms with E-state index in [1.807, 2.05) is 48.9 Å². The van der Waals surface area contributed by atoms with E-state index >= 15 is 0 Å². The topological polar surface area (TPSA) is 86.5 Å². The van der Waals surface area contributed by atoms with Crippen molar-refractivity contribution in [3.05, 3.63) is 77.9 Å². The van der Waals surface area contributed by atoms with Crippen LogP contribution in [0.15, 0.2) is 60.8 Å². The van der Waals surface area contributed by atoms with E-state index in [-0.39, 0.29) is 12.2 Å². The lowest BCUT2D eigenvalue weighted by molar-refractivity contribution is 0.0696. The molecule has 2 aromatic heterocycles. The molecule has 1 N–H and O–H groups in total. The van der Waals surface area contributed by atoms with Gasteiger partial charge in [0.25, 0.3) is 0 Å². The number of nitrogens with zero attached hydrogens (tertiary/aromatic N) is 3. The van der Waals surface area contributed by atoms with Crippen LogP contribution in [0.4, 0.5) is 0 Å². The van der Waals surface area contributed by atoms with Crippen molar-refractivity contribution in [3.8, 4) is 17.2 Å². The number of rotatable bonds is 6. The Morgan fingerprint density at radius 1 is 1.07 bits per heavy atom. The van der Waals surface area contributed by atoms with Crippen LogP contribution in [0.2, 0.25) is 0 Å². The zero-order valence-electron chi connectivity index (χ0n) is 16.0. The van der Waals surface area contributed by atoms with Crippen molar-refractivity contribution in [1.29, 1.82) is 0 Å². The van der Waals surface area contributed by atoms with E-state index in [1.165, 1.54) is 12.1 Å². The minimum Gasteiger partial charge on any atom is -0.486 e. The summed E-state index contributed by atoms with van der Waals surface area (Å²) < 4.78 is 13.6. The van der Waals surface area contributed by atoms with Crippen molar-refractivity contribution in [2.24, 2.45) is 7.05 Å². The molecule has 0 saturated carbocycles. The van der Waals surface area contributed by atoms with E-state index in [9.17, 15) is 4.79 Å². The molecule has 0 aliphatic heterocycles. The Bertz CT molecular complexity index is 1180. The summed E-state index contributed by atoms with van der Waals surface area (Å²) in [6, 6.07) is 15.8. The molecule has 29 heavy (non-hydrogen) atoms. The van der Waals surface area contributed by atoms with Gasteiger partial charge in [0.15, 0.2) is 0 Å². The first-order valence-electron chi connectivity index (χ1n) is 9.01. The maximum atomic E-state index is 11.1. The molecular formula is C22H19N3O4. The van der Waals surface area contributed by atoms with E-state index < -0.39 is 5.97 Å². The zero-order valence-corrected chi connectivity index (χ0v) is 16.0. The highest BCUT2D eigenvalue weighted by molar-refractivity contribution is 5.88. The normalized spacial score (nSPS) is 10.8. The van der Waals surface area contributed by atoms with Crippen molar-refractivity contribution in [3.63, 3.8) is 0 Å². The Hall–Kier alpha value is -3.87. The Labute approximate surface area is 167 Å². The predicted molar refractivity (Wildman–Crippen MR) is 107 cm³/mol. The van der Waals surface area contributed by atoms with Crippen LogP contribution in [0.5, 0.6) is 17.2 Å². The number of hydrogen-bond acceptors (Lipinski definition) is 5. The minimum atomic E-state index is -0.991. The van der Waals surface area contributed by atoms with Crippen LogP contribution in [0, 0.1) is 6.92 Å². The first kappa shape index (κ1) is 18.5. The van der Waals surface area contributed by atoms with Crippen LogP contribution < -0.4 is 9.47 Å². The summed E-state index contributed by atoms with van der Waals surface area (Å²) >= 11 is 0. The number of carboxylic acid groups (broad SMARTS) is 1. The molecule has 0 aliphatic carbocycles. The third kappa shape index (κ3) is 4.03. The first-order valence-corrected chi connectivity index (χ1v) is 9.01. The third-order valence-corrected chi connectivity index (χ3v) is 4.51. The van der Waals surface area contributed by atoms with Gasteiger partial charge in [-0.2, -0.15) is 0 Å². The Kier molecular flexibility index (Phi) is 4.87. The fourth-order valence-electron chi connectivity index (χ4n) is 2.93. The average molecular weight is 389 g/mol. The number of pyridine rings is 1. The lowest BCUT2D eigenvalue weighted by Gasteiger charge is -2.08. The summed E-state index contributed by atoms with van der Waals surface area (Å²) in [5, 5.41) is 9.09. The number of imidazole rings is 1. The summed E-state index contributed by atoms with van der Waals surface area (Å²) in [5.41, 5.74) is 2.83. The van der Waals surface area contributed by atoms with Crippen LogP contribution in [-0.4, -0.2) is 25.6 Å². The Morgan fingerprint density at radius 2 is 1.90 bits per heavy atom. The van der Waals surface area contributed by atoms with E-state index in [4.69, 9.17) is 14.6 Å². The van der Waals surface area contributed by atoms with Gasteiger partial charge in [-0.25, -0.2) is 9.78 Å². The largest absolute Gasteiger partial charge is 0.486 e. The standard InChI is InChI=1S/C22H19N3O4/c1-14-6-7-18(12-23-14)29-17-8-9-19-20(11-17)25(2)21(24-19)13-28-16-5-3-4-15(10-16)22(26)27/h3-12H,13H2,1-2H3,(H,26,27). The smallest absolute Gasteiger partial charge is 0.335 e. The van der Waals surface area contributed by atoms with Crippen molar-refractivity contribution in [1.82, 2.24) is 14.5 Å². The van der Waals surface area contributed by atoms with Crippen LogP contribution in [0.3, 0.4) is 0 Å². The van der Waals surface area contributed by atoms with Crippen molar-refractivity contribution < 1.29 is 19.4 Å². The second kappa shape index (κ2) is 7.63. The number of benzene rings is 2. The molecule has 0 atom stereocenters. The number of hydrogen-bond donors (Lipinski definition) is 1. The molecule has 2 heterocycles.